The molecule has 130 valence electrons. The Morgan fingerprint density at radius 3 is 2.37 bits per heavy atom. The highest BCUT2D eigenvalue weighted by Crippen LogP contribution is 2.30. The molecule has 27 heavy (non-hydrogen) atoms. The summed E-state index contributed by atoms with van der Waals surface area (Å²) in [4.78, 5) is 7.70. The Balaban J connectivity index is 1.47. The van der Waals surface area contributed by atoms with Crippen LogP contribution in [0.2, 0.25) is 0 Å². The molecule has 0 aliphatic carbocycles. The molecular weight excluding hydrogens is 336 g/mol. The van der Waals surface area contributed by atoms with E-state index in [4.69, 9.17) is 4.74 Å². The van der Waals surface area contributed by atoms with E-state index in [9.17, 15) is 0 Å². The first-order chi connectivity index (χ1) is 13.4. The van der Waals surface area contributed by atoms with E-state index in [1.807, 2.05) is 79.1 Å². The Morgan fingerprint density at radius 1 is 0.778 bits per heavy atom. The van der Waals surface area contributed by atoms with Crippen molar-refractivity contribution in [1.82, 2.24) is 20.2 Å². The Morgan fingerprint density at radius 2 is 1.59 bits per heavy atom. The number of aromatic nitrogens is 4. The lowest BCUT2D eigenvalue weighted by atomic mass is 10.1. The molecule has 5 aromatic rings. The van der Waals surface area contributed by atoms with Gasteiger partial charge in [-0.3, -0.25) is 5.10 Å². The summed E-state index contributed by atoms with van der Waals surface area (Å²) in [6.45, 7) is 0. The van der Waals surface area contributed by atoms with Crippen molar-refractivity contribution in [3.63, 3.8) is 0 Å². The van der Waals surface area contributed by atoms with Crippen LogP contribution in [0.5, 0.6) is 11.5 Å². The van der Waals surface area contributed by atoms with Crippen molar-refractivity contribution in [2.75, 3.05) is 0 Å². The highest BCUT2D eigenvalue weighted by atomic mass is 16.5. The predicted molar refractivity (Wildman–Crippen MR) is 106 cm³/mol. The zero-order valence-corrected chi connectivity index (χ0v) is 14.4. The summed E-state index contributed by atoms with van der Waals surface area (Å²) in [5.41, 5.74) is 4.73. The van der Waals surface area contributed by atoms with E-state index in [0.717, 1.165) is 39.4 Å². The lowest BCUT2D eigenvalue weighted by Crippen LogP contribution is -1.85. The first kappa shape index (κ1) is 15.4. The van der Waals surface area contributed by atoms with E-state index in [1.54, 1.807) is 0 Å². The standard InChI is InChI=1S/C22H16N4O/c1-2-5-17(6-3-1)27-18-10-8-15(9-11-18)16-13-19-21(20-7-4-12-23-20)25-26-22(19)24-14-16/h1-14,23H,(H,24,25,26). The summed E-state index contributed by atoms with van der Waals surface area (Å²) in [7, 11) is 0. The minimum atomic E-state index is 0.701. The molecule has 3 aromatic heterocycles. The molecule has 0 amide bonds. The zero-order chi connectivity index (χ0) is 18.1. The zero-order valence-electron chi connectivity index (χ0n) is 14.4. The van der Waals surface area contributed by atoms with Gasteiger partial charge < -0.3 is 9.72 Å². The van der Waals surface area contributed by atoms with E-state index in [0.29, 0.717) is 5.65 Å². The summed E-state index contributed by atoms with van der Waals surface area (Å²) in [6.07, 6.45) is 3.74. The first-order valence-corrected chi connectivity index (χ1v) is 8.68. The molecule has 3 heterocycles. The fourth-order valence-corrected chi connectivity index (χ4v) is 3.09. The van der Waals surface area contributed by atoms with Gasteiger partial charge in [0.05, 0.1) is 11.4 Å². The van der Waals surface area contributed by atoms with Crippen molar-refractivity contribution >= 4 is 11.0 Å². The maximum absolute atomic E-state index is 5.86. The summed E-state index contributed by atoms with van der Waals surface area (Å²) in [5.74, 6) is 1.62. The molecule has 0 fully saturated rings. The third kappa shape index (κ3) is 2.95. The fraction of sp³-hybridized carbons (Fsp3) is 0. The smallest absolute Gasteiger partial charge is 0.181 e. The third-order valence-electron chi connectivity index (χ3n) is 4.44. The quantitative estimate of drug-likeness (QED) is 0.454. The lowest BCUT2D eigenvalue weighted by molar-refractivity contribution is 0.483. The topological polar surface area (TPSA) is 66.6 Å². The number of H-pyrrole nitrogens is 2. The van der Waals surface area contributed by atoms with Gasteiger partial charge >= 0.3 is 0 Å². The van der Waals surface area contributed by atoms with Crippen LogP contribution in [-0.2, 0) is 0 Å². The molecule has 2 aromatic carbocycles. The average molecular weight is 352 g/mol. The van der Waals surface area contributed by atoms with Crippen LogP contribution in [0.4, 0.5) is 0 Å². The number of benzene rings is 2. The number of nitrogens with zero attached hydrogens (tertiary/aromatic N) is 2. The van der Waals surface area contributed by atoms with Crippen molar-refractivity contribution in [3.8, 4) is 34.0 Å². The molecule has 0 aliphatic heterocycles. The van der Waals surface area contributed by atoms with Gasteiger partial charge in [0.15, 0.2) is 5.65 Å². The van der Waals surface area contributed by atoms with Gasteiger partial charge in [0, 0.05) is 23.3 Å². The van der Waals surface area contributed by atoms with E-state index in [2.05, 4.69) is 26.2 Å². The van der Waals surface area contributed by atoms with E-state index < -0.39 is 0 Å². The van der Waals surface area contributed by atoms with Crippen molar-refractivity contribution in [3.05, 3.63) is 85.2 Å². The largest absolute Gasteiger partial charge is 0.457 e. The molecule has 0 atom stereocenters. The van der Waals surface area contributed by atoms with E-state index >= 15 is 0 Å². The predicted octanol–water partition coefficient (Wildman–Crippen LogP) is 5.41. The number of rotatable bonds is 4. The molecule has 2 N–H and O–H groups in total. The number of para-hydroxylation sites is 1. The summed E-state index contributed by atoms with van der Waals surface area (Å²) in [5, 5.41) is 8.35. The number of fused-ring (bicyclic) bond motifs is 1. The van der Waals surface area contributed by atoms with Crippen LogP contribution in [-0.4, -0.2) is 20.2 Å². The van der Waals surface area contributed by atoms with Crippen molar-refractivity contribution in [2.24, 2.45) is 0 Å². The number of hydrogen-bond acceptors (Lipinski definition) is 3. The molecule has 0 spiro atoms. The first-order valence-electron chi connectivity index (χ1n) is 8.68. The second-order valence-corrected chi connectivity index (χ2v) is 6.22. The highest BCUT2D eigenvalue weighted by molar-refractivity contribution is 5.92. The Hall–Kier alpha value is -3.86. The van der Waals surface area contributed by atoms with Gasteiger partial charge in [-0.15, -0.1) is 0 Å². The molecule has 5 heteroatoms. The number of aromatic amines is 2. The summed E-state index contributed by atoms with van der Waals surface area (Å²) < 4.78 is 5.86. The van der Waals surface area contributed by atoms with Gasteiger partial charge in [0.1, 0.15) is 11.5 Å². The molecule has 0 radical (unpaired) electrons. The van der Waals surface area contributed by atoms with Crippen molar-refractivity contribution in [1.29, 1.82) is 0 Å². The van der Waals surface area contributed by atoms with Crippen LogP contribution < -0.4 is 4.74 Å². The Labute approximate surface area is 155 Å². The summed E-state index contributed by atoms with van der Waals surface area (Å²) in [6, 6.07) is 23.8. The monoisotopic (exact) mass is 352 g/mol. The molecule has 5 nitrogen and oxygen atoms in total. The second kappa shape index (κ2) is 6.46. The van der Waals surface area contributed by atoms with Gasteiger partial charge in [-0.05, 0) is 48.0 Å². The normalized spacial score (nSPS) is 11.0. The molecule has 0 saturated heterocycles. The fourth-order valence-electron chi connectivity index (χ4n) is 3.09. The van der Waals surface area contributed by atoms with Crippen molar-refractivity contribution in [2.45, 2.75) is 0 Å². The van der Waals surface area contributed by atoms with Crippen LogP contribution in [0.1, 0.15) is 0 Å². The maximum Gasteiger partial charge on any atom is 0.181 e. The van der Waals surface area contributed by atoms with Gasteiger partial charge in [0.2, 0.25) is 0 Å². The van der Waals surface area contributed by atoms with Crippen molar-refractivity contribution < 1.29 is 4.74 Å². The van der Waals surface area contributed by atoms with Crippen LogP contribution >= 0.6 is 0 Å². The van der Waals surface area contributed by atoms with E-state index in [-0.39, 0.29) is 0 Å². The number of ether oxygens (including phenoxy) is 1. The molecule has 0 aliphatic rings. The lowest BCUT2D eigenvalue weighted by Gasteiger charge is -2.07. The maximum atomic E-state index is 5.86. The average Bonchev–Trinajstić information content (AvgIpc) is 3.38. The highest BCUT2D eigenvalue weighted by Gasteiger charge is 2.11. The number of pyridine rings is 1. The van der Waals surface area contributed by atoms with Gasteiger partial charge in [-0.1, -0.05) is 30.3 Å². The van der Waals surface area contributed by atoms with E-state index in [1.165, 1.54) is 0 Å². The van der Waals surface area contributed by atoms with Crippen LogP contribution in [0.3, 0.4) is 0 Å². The van der Waals surface area contributed by atoms with Gasteiger partial charge in [-0.2, -0.15) is 5.10 Å². The van der Waals surface area contributed by atoms with Crippen LogP contribution in [0.15, 0.2) is 85.2 Å². The van der Waals surface area contributed by atoms with Gasteiger partial charge in [-0.25, -0.2) is 4.98 Å². The molecule has 0 bridgehead atoms. The Bertz CT molecular complexity index is 1180. The van der Waals surface area contributed by atoms with Gasteiger partial charge in [0.25, 0.3) is 0 Å². The SMILES string of the molecule is c1ccc(Oc2ccc(-c3cnc4n[nH]c(-c5ccc[nH]5)c4c3)cc2)cc1. The second-order valence-electron chi connectivity index (χ2n) is 6.22. The number of nitrogens with one attached hydrogen (secondary N) is 2. The minimum Gasteiger partial charge on any atom is -0.457 e. The molecule has 0 saturated carbocycles. The molecule has 5 rings (SSSR count). The Kier molecular flexibility index (Phi) is 3.68. The van der Waals surface area contributed by atoms with Crippen LogP contribution in [0.25, 0.3) is 33.5 Å². The minimum absolute atomic E-state index is 0.701. The van der Waals surface area contributed by atoms with Crippen LogP contribution in [0, 0.1) is 0 Å². The number of hydrogen-bond donors (Lipinski definition) is 2. The molecular formula is C22H16N4O. The molecule has 0 unspecified atom stereocenters. The third-order valence-corrected chi connectivity index (χ3v) is 4.44. The summed E-state index contributed by atoms with van der Waals surface area (Å²) >= 11 is 0.